The van der Waals surface area contributed by atoms with E-state index in [1.54, 1.807) is 19.2 Å². The molecule has 8 nitrogen and oxygen atoms in total. The first-order valence-corrected chi connectivity index (χ1v) is 9.25. The third kappa shape index (κ3) is 5.14. The zero-order valence-corrected chi connectivity index (χ0v) is 16.5. The van der Waals surface area contributed by atoms with E-state index in [-0.39, 0.29) is 17.2 Å². The molecule has 0 aliphatic heterocycles. The van der Waals surface area contributed by atoms with Gasteiger partial charge in [0.2, 0.25) is 11.1 Å². The molecule has 0 aliphatic carbocycles. The Balaban J connectivity index is 1.89. The van der Waals surface area contributed by atoms with Crippen molar-refractivity contribution >= 4 is 35.0 Å². The number of hydrogen-bond donors (Lipinski definition) is 2. The summed E-state index contributed by atoms with van der Waals surface area (Å²) >= 11 is 1.12. The fourth-order valence-electron chi connectivity index (χ4n) is 2.42. The highest BCUT2D eigenvalue weighted by Gasteiger charge is 2.30. The lowest BCUT2D eigenvalue weighted by Gasteiger charge is -2.12. The summed E-state index contributed by atoms with van der Waals surface area (Å²) in [6, 6.07) is 8.78. The summed E-state index contributed by atoms with van der Waals surface area (Å²) in [6.45, 7) is 1.33. The Hall–Kier alpha value is -3.41. The second-order valence-electron chi connectivity index (χ2n) is 6.11. The number of nitrogens with one attached hydrogen (secondary N) is 2. The van der Waals surface area contributed by atoms with Crippen LogP contribution in [0.2, 0.25) is 0 Å². The summed E-state index contributed by atoms with van der Waals surface area (Å²) in [5, 5.41) is 16.7. The second kappa shape index (κ2) is 8.53. The van der Waals surface area contributed by atoms with E-state index in [2.05, 4.69) is 26.2 Å². The molecule has 30 heavy (non-hydrogen) atoms. The van der Waals surface area contributed by atoms with Crippen LogP contribution in [-0.4, -0.2) is 32.0 Å². The maximum absolute atomic E-state index is 12.9. The third-order valence-corrected chi connectivity index (χ3v) is 4.90. The average molecular weight is 436 g/mol. The molecule has 1 aromatic heterocycles. The Kier molecular flexibility index (Phi) is 6.06. The molecule has 156 valence electrons. The summed E-state index contributed by atoms with van der Waals surface area (Å²) in [5.74, 6) is -0.887. The van der Waals surface area contributed by atoms with Gasteiger partial charge in [0, 0.05) is 30.2 Å². The molecule has 0 spiro atoms. The van der Waals surface area contributed by atoms with Gasteiger partial charge >= 0.3 is 6.18 Å². The number of benzene rings is 2. The van der Waals surface area contributed by atoms with Gasteiger partial charge in [-0.15, -0.1) is 5.10 Å². The van der Waals surface area contributed by atoms with Gasteiger partial charge in [-0.3, -0.25) is 9.59 Å². The minimum atomic E-state index is -4.47. The molecule has 1 heterocycles. The van der Waals surface area contributed by atoms with Gasteiger partial charge in [0.25, 0.3) is 5.91 Å². The number of alkyl halides is 3. The number of nitrogens with zero attached hydrogens (tertiary/aromatic N) is 4. The van der Waals surface area contributed by atoms with Crippen LogP contribution in [0.3, 0.4) is 0 Å². The number of hydrogen-bond acceptors (Lipinski definition) is 6. The minimum Gasteiger partial charge on any atom is -0.326 e. The van der Waals surface area contributed by atoms with Crippen molar-refractivity contribution in [1.29, 1.82) is 0 Å². The quantitative estimate of drug-likeness (QED) is 0.634. The molecule has 12 heteroatoms. The van der Waals surface area contributed by atoms with Crippen molar-refractivity contribution in [1.82, 2.24) is 20.2 Å². The minimum absolute atomic E-state index is 0.189. The van der Waals surface area contributed by atoms with E-state index in [0.29, 0.717) is 15.7 Å². The van der Waals surface area contributed by atoms with Gasteiger partial charge in [0.1, 0.15) is 0 Å². The molecule has 0 aliphatic rings. The van der Waals surface area contributed by atoms with Gasteiger partial charge in [0.15, 0.2) is 0 Å². The fraction of sp³-hybridized carbons (Fsp3) is 0.167. The fourth-order valence-corrected chi connectivity index (χ4v) is 3.26. The number of halogens is 3. The number of anilines is 2. The van der Waals surface area contributed by atoms with E-state index < -0.39 is 17.6 Å². The van der Waals surface area contributed by atoms with E-state index in [9.17, 15) is 22.8 Å². The number of amides is 2. The molecule has 3 aromatic rings. The topological polar surface area (TPSA) is 102 Å². The van der Waals surface area contributed by atoms with E-state index >= 15 is 0 Å². The van der Waals surface area contributed by atoms with Gasteiger partial charge in [-0.05, 0) is 64.7 Å². The van der Waals surface area contributed by atoms with Crippen LogP contribution < -0.4 is 10.6 Å². The monoisotopic (exact) mass is 436 g/mol. The molecule has 0 saturated heterocycles. The Bertz CT molecular complexity index is 1080. The predicted octanol–water partition coefficient (Wildman–Crippen LogP) is 3.59. The van der Waals surface area contributed by atoms with Crippen LogP contribution >= 0.6 is 11.8 Å². The van der Waals surface area contributed by atoms with Crippen molar-refractivity contribution in [3.05, 3.63) is 53.6 Å². The van der Waals surface area contributed by atoms with Crippen molar-refractivity contribution < 1.29 is 22.8 Å². The molecule has 0 saturated carbocycles. The smallest absolute Gasteiger partial charge is 0.326 e. The summed E-state index contributed by atoms with van der Waals surface area (Å²) in [4.78, 5) is 24.7. The Labute approximate surface area is 172 Å². The number of carbonyl (C=O) groups is 2. The van der Waals surface area contributed by atoms with Crippen LogP contribution in [0.5, 0.6) is 0 Å². The SMILES string of the molecule is CC(=O)Nc1ccc(Sc2nnnn2C)c(C(=O)Nc2ccc(C(F)(F)F)cc2)c1. The maximum atomic E-state index is 12.9. The zero-order valence-electron chi connectivity index (χ0n) is 15.7. The molecule has 0 atom stereocenters. The molecule has 2 N–H and O–H groups in total. The van der Waals surface area contributed by atoms with Crippen LogP contribution in [-0.2, 0) is 18.0 Å². The standard InChI is InChI=1S/C18H15F3N6O2S/c1-10(28)22-13-7-8-15(30-17-24-25-26-27(17)2)14(9-13)16(29)23-12-5-3-11(4-6-12)18(19,20)21/h3-9H,1-2H3,(H,22,28)(H,23,29). The molecular weight excluding hydrogens is 421 g/mol. The van der Waals surface area contributed by atoms with Crippen molar-refractivity contribution in [2.75, 3.05) is 10.6 Å². The highest BCUT2D eigenvalue weighted by Crippen LogP contribution is 2.32. The van der Waals surface area contributed by atoms with Crippen molar-refractivity contribution in [3.63, 3.8) is 0 Å². The highest BCUT2D eigenvalue weighted by molar-refractivity contribution is 7.99. The summed E-state index contributed by atoms with van der Waals surface area (Å²) in [5.41, 5.74) is -0.0527. The molecule has 2 amide bonds. The zero-order chi connectivity index (χ0) is 21.9. The molecule has 0 radical (unpaired) electrons. The summed E-state index contributed by atoms with van der Waals surface area (Å²) < 4.78 is 39.6. The summed E-state index contributed by atoms with van der Waals surface area (Å²) in [6.07, 6.45) is -4.47. The van der Waals surface area contributed by atoms with E-state index in [4.69, 9.17) is 0 Å². The van der Waals surface area contributed by atoms with Crippen LogP contribution in [0.1, 0.15) is 22.8 Å². The highest BCUT2D eigenvalue weighted by atomic mass is 32.2. The second-order valence-corrected chi connectivity index (χ2v) is 7.12. The number of tetrazole rings is 1. The van der Waals surface area contributed by atoms with Gasteiger partial charge in [-0.25, -0.2) is 4.68 Å². The van der Waals surface area contributed by atoms with Gasteiger partial charge in [-0.1, -0.05) is 0 Å². The van der Waals surface area contributed by atoms with E-state index in [1.165, 1.54) is 17.7 Å². The van der Waals surface area contributed by atoms with Gasteiger partial charge < -0.3 is 10.6 Å². The average Bonchev–Trinajstić information content (AvgIpc) is 3.07. The Morgan fingerprint density at radius 1 is 1.03 bits per heavy atom. The van der Waals surface area contributed by atoms with Crippen LogP contribution in [0.4, 0.5) is 24.5 Å². The van der Waals surface area contributed by atoms with Crippen LogP contribution in [0.25, 0.3) is 0 Å². The largest absolute Gasteiger partial charge is 0.416 e. The van der Waals surface area contributed by atoms with Crippen molar-refractivity contribution in [2.24, 2.45) is 7.05 Å². The Morgan fingerprint density at radius 3 is 2.27 bits per heavy atom. The normalized spacial score (nSPS) is 11.2. The first-order valence-electron chi connectivity index (χ1n) is 8.44. The maximum Gasteiger partial charge on any atom is 0.416 e. The molecular formula is C18H15F3N6O2S. The summed E-state index contributed by atoms with van der Waals surface area (Å²) in [7, 11) is 1.63. The predicted molar refractivity (Wildman–Crippen MR) is 103 cm³/mol. The lowest BCUT2D eigenvalue weighted by Crippen LogP contribution is -2.15. The number of carbonyl (C=O) groups excluding carboxylic acids is 2. The lowest BCUT2D eigenvalue weighted by atomic mass is 10.1. The molecule has 2 aromatic carbocycles. The van der Waals surface area contributed by atoms with Gasteiger partial charge in [-0.2, -0.15) is 13.2 Å². The number of aryl methyl sites for hydroxylation is 1. The lowest BCUT2D eigenvalue weighted by molar-refractivity contribution is -0.137. The molecule has 0 fully saturated rings. The Morgan fingerprint density at radius 2 is 1.70 bits per heavy atom. The van der Waals surface area contributed by atoms with E-state index in [1.807, 2.05) is 0 Å². The van der Waals surface area contributed by atoms with E-state index in [0.717, 1.165) is 36.0 Å². The molecule has 3 rings (SSSR count). The van der Waals surface area contributed by atoms with Crippen LogP contribution in [0, 0.1) is 0 Å². The van der Waals surface area contributed by atoms with Crippen molar-refractivity contribution in [2.45, 2.75) is 23.2 Å². The van der Waals surface area contributed by atoms with Crippen molar-refractivity contribution in [3.8, 4) is 0 Å². The first kappa shape index (κ1) is 21.3. The molecule has 0 unspecified atom stereocenters. The molecule has 0 bridgehead atoms. The number of rotatable bonds is 5. The van der Waals surface area contributed by atoms with Crippen LogP contribution in [0.15, 0.2) is 52.5 Å². The van der Waals surface area contributed by atoms with Gasteiger partial charge in [0.05, 0.1) is 11.1 Å². The third-order valence-electron chi connectivity index (χ3n) is 3.80. The first-order chi connectivity index (χ1) is 14.1. The number of aromatic nitrogens is 4.